The van der Waals surface area contributed by atoms with E-state index in [2.05, 4.69) is 22.8 Å². The molecule has 1 heterocycles. The Morgan fingerprint density at radius 3 is 2.15 bits per heavy atom. The summed E-state index contributed by atoms with van der Waals surface area (Å²) in [5, 5.41) is 5.04. The summed E-state index contributed by atoms with van der Waals surface area (Å²) in [6.45, 7) is 3.79. The van der Waals surface area contributed by atoms with Gasteiger partial charge in [-0.25, -0.2) is 4.39 Å². The maximum absolute atomic E-state index is 12.9. The van der Waals surface area contributed by atoms with Crippen LogP contribution < -0.4 is 15.5 Å². The van der Waals surface area contributed by atoms with Gasteiger partial charge in [0.05, 0.1) is 13.1 Å². The normalized spacial score (nSPS) is 14.6. The van der Waals surface area contributed by atoms with Crippen molar-refractivity contribution in [1.82, 2.24) is 5.32 Å². The number of halogens is 1. The number of quaternary nitrogens is 1. The number of nitrogens with one attached hydrogen (secondary N) is 3. The summed E-state index contributed by atoms with van der Waals surface area (Å²) >= 11 is 0. The van der Waals surface area contributed by atoms with Crippen molar-refractivity contribution in [2.24, 2.45) is 0 Å². The SMILES string of the molecule is O=C(NCc1ccc(C[NH+]2CCCCC2)cc1)C(=O)Nc1ccc(F)cc1. The van der Waals surface area contributed by atoms with Crippen molar-refractivity contribution in [3.05, 3.63) is 65.5 Å². The van der Waals surface area contributed by atoms with Crippen LogP contribution in [0, 0.1) is 5.82 Å². The fraction of sp³-hybridized carbons (Fsp3) is 0.333. The molecule has 1 saturated heterocycles. The van der Waals surface area contributed by atoms with Crippen molar-refractivity contribution in [2.75, 3.05) is 18.4 Å². The van der Waals surface area contributed by atoms with Gasteiger partial charge in [-0.1, -0.05) is 24.3 Å². The van der Waals surface area contributed by atoms with Crippen molar-refractivity contribution in [3.8, 4) is 0 Å². The zero-order valence-electron chi connectivity index (χ0n) is 15.3. The summed E-state index contributed by atoms with van der Waals surface area (Å²) in [4.78, 5) is 25.4. The molecule has 0 aliphatic carbocycles. The van der Waals surface area contributed by atoms with Gasteiger partial charge in [0.2, 0.25) is 0 Å². The number of carbonyl (C=O) groups excluding carboxylic acids is 2. The molecule has 3 N–H and O–H groups in total. The van der Waals surface area contributed by atoms with E-state index < -0.39 is 17.6 Å². The molecule has 1 aliphatic heterocycles. The van der Waals surface area contributed by atoms with Crippen LogP contribution in [0.4, 0.5) is 10.1 Å². The number of carbonyl (C=O) groups is 2. The number of hydrogen-bond donors (Lipinski definition) is 3. The molecule has 0 radical (unpaired) electrons. The Kier molecular flexibility index (Phi) is 6.54. The summed E-state index contributed by atoms with van der Waals surface area (Å²) in [5.74, 6) is -1.89. The number of anilines is 1. The first kappa shape index (κ1) is 19.0. The minimum Gasteiger partial charge on any atom is -0.344 e. The first-order valence-corrected chi connectivity index (χ1v) is 9.36. The molecule has 5 nitrogen and oxygen atoms in total. The van der Waals surface area contributed by atoms with Crippen LogP contribution in [0.2, 0.25) is 0 Å². The topological polar surface area (TPSA) is 62.6 Å². The first-order valence-electron chi connectivity index (χ1n) is 9.36. The predicted octanol–water partition coefficient (Wildman–Crippen LogP) is 1.65. The summed E-state index contributed by atoms with van der Waals surface area (Å²) in [5.41, 5.74) is 2.60. The molecule has 6 heteroatoms. The van der Waals surface area contributed by atoms with Crippen LogP contribution in [-0.4, -0.2) is 24.9 Å². The van der Waals surface area contributed by atoms with E-state index in [-0.39, 0.29) is 6.54 Å². The van der Waals surface area contributed by atoms with Gasteiger partial charge in [0.15, 0.2) is 0 Å². The van der Waals surface area contributed by atoms with Crippen molar-refractivity contribution in [2.45, 2.75) is 32.4 Å². The Labute approximate surface area is 158 Å². The number of amides is 2. The second kappa shape index (κ2) is 9.28. The molecule has 1 aliphatic rings. The number of rotatable bonds is 5. The Bertz CT molecular complexity index is 769. The number of hydrogen-bond acceptors (Lipinski definition) is 2. The highest BCUT2D eigenvalue weighted by molar-refractivity contribution is 6.39. The van der Waals surface area contributed by atoms with Crippen LogP contribution in [0.15, 0.2) is 48.5 Å². The lowest BCUT2D eigenvalue weighted by Gasteiger charge is -2.23. The van der Waals surface area contributed by atoms with Crippen molar-refractivity contribution < 1.29 is 18.9 Å². The smallest absolute Gasteiger partial charge is 0.313 e. The summed E-state index contributed by atoms with van der Waals surface area (Å²) in [6.07, 6.45) is 3.95. The molecule has 0 saturated carbocycles. The maximum atomic E-state index is 12.9. The van der Waals surface area contributed by atoms with Crippen LogP contribution in [0.25, 0.3) is 0 Å². The van der Waals surface area contributed by atoms with Gasteiger partial charge in [-0.3, -0.25) is 9.59 Å². The zero-order valence-corrected chi connectivity index (χ0v) is 15.3. The Hall–Kier alpha value is -2.73. The van der Waals surface area contributed by atoms with Gasteiger partial charge in [-0.05, 0) is 49.1 Å². The lowest BCUT2D eigenvalue weighted by Crippen LogP contribution is -3.11. The number of benzene rings is 2. The molecule has 2 amide bonds. The molecular formula is C21H25FN3O2+. The summed E-state index contributed by atoms with van der Waals surface area (Å²) < 4.78 is 12.9. The van der Waals surface area contributed by atoms with Gasteiger partial charge >= 0.3 is 11.8 Å². The number of piperidine rings is 1. The van der Waals surface area contributed by atoms with E-state index >= 15 is 0 Å². The second-order valence-corrected chi connectivity index (χ2v) is 6.95. The van der Waals surface area contributed by atoms with E-state index in [9.17, 15) is 14.0 Å². The van der Waals surface area contributed by atoms with Crippen molar-refractivity contribution in [3.63, 3.8) is 0 Å². The zero-order chi connectivity index (χ0) is 19.1. The average molecular weight is 370 g/mol. The lowest BCUT2D eigenvalue weighted by atomic mass is 10.1. The first-order chi connectivity index (χ1) is 13.1. The molecule has 2 aromatic rings. The van der Waals surface area contributed by atoms with Gasteiger partial charge in [0.1, 0.15) is 12.4 Å². The average Bonchev–Trinajstić information content (AvgIpc) is 2.69. The van der Waals surface area contributed by atoms with Crippen LogP contribution in [0.3, 0.4) is 0 Å². The fourth-order valence-electron chi connectivity index (χ4n) is 3.28. The van der Waals surface area contributed by atoms with Gasteiger partial charge < -0.3 is 15.5 Å². The van der Waals surface area contributed by atoms with Crippen molar-refractivity contribution in [1.29, 1.82) is 0 Å². The van der Waals surface area contributed by atoms with E-state index in [0.29, 0.717) is 5.69 Å². The molecule has 2 aromatic carbocycles. The molecule has 0 atom stereocenters. The van der Waals surface area contributed by atoms with Gasteiger partial charge in [0.25, 0.3) is 0 Å². The Morgan fingerprint density at radius 1 is 0.852 bits per heavy atom. The predicted molar refractivity (Wildman–Crippen MR) is 102 cm³/mol. The van der Waals surface area contributed by atoms with Gasteiger partial charge in [-0.15, -0.1) is 0 Å². The quantitative estimate of drug-likeness (QED) is 0.701. The van der Waals surface area contributed by atoms with Crippen molar-refractivity contribution >= 4 is 17.5 Å². The second-order valence-electron chi connectivity index (χ2n) is 6.95. The standard InChI is InChI=1S/C21H24FN3O2/c22-18-8-10-19(11-9-18)24-21(27)20(26)23-14-16-4-6-17(7-5-16)15-25-12-2-1-3-13-25/h4-11H,1-3,12-15H2,(H,23,26)(H,24,27)/p+1. The highest BCUT2D eigenvalue weighted by Gasteiger charge is 2.15. The molecule has 27 heavy (non-hydrogen) atoms. The highest BCUT2D eigenvalue weighted by atomic mass is 19.1. The van der Waals surface area contributed by atoms with Crippen LogP contribution >= 0.6 is 0 Å². The minimum atomic E-state index is -0.771. The Morgan fingerprint density at radius 2 is 1.48 bits per heavy atom. The minimum absolute atomic E-state index is 0.284. The molecule has 142 valence electrons. The molecule has 0 aromatic heterocycles. The van der Waals surface area contributed by atoms with Gasteiger partial charge in [-0.2, -0.15) is 0 Å². The molecule has 0 spiro atoms. The largest absolute Gasteiger partial charge is 0.344 e. The van der Waals surface area contributed by atoms with E-state index in [0.717, 1.165) is 12.1 Å². The van der Waals surface area contributed by atoms with E-state index in [4.69, 9.17) is 0 Å². The molecule has 0 bridgehead atoms. The highest BCUT2D eigenvalue weighted by Crippen LogP contribution is 2.08. The van der Waals surface area contributed by atoms with E-state index in [1.165, 1.54) is 62.2 Å². The van der Waals surface area contributed by atoms with Crippen LogP contribution in [0.1, 0.15) is 30.4 Å². The fourth-order valence-corrected chi connectivity index (χ4v) is 3.28. The van der Waals surface area contributed by atoms with E-state index in [1.807, 2.05) is 12.1 Å². The lowest BCUT2D eigenvalue weighted by molar-refractivity contribution is -0.918. The van der Waals surface area contributed by atoms with E-state index in [1.54, 1.807) is 4.90 Å². The third-order valence-corrected chi connectivity index (χ3v) is 4.80. The van der Waals surface area contributed by atoms with Gasteiger partial charge in [0, 0.05) is 17.8 Å². The summed E-state index contributed by atoms with van der Waals surface area (Å²) in [7, 11) is 0. The molecule has 1 fully saturated rings. The molecule has 3 rings (SSSR count). The molecular weight excluding hydrogens is 345 g/mol. The summed E-state index contributed by atoms with van der Waals surface area (Å²) in [6, 6.07) is 13.4. The number of likely N-dealkylation sites (tertiary alicyclic amines) is 1. The molecule has 0 unspecified atom stereocenters. The monoisotopic (exact) mass is 370 g/mol. The maximum Gasteiger partial charge on any atom is 0.313 e. The van der Waals surface area contributed by atoms with Crippen LogP contribution in [-0.2, 0) is 22.7 Å². The third-order valence-electron chi connectivity index (χ3n) is 4.80. The van der Waals surface area contributed by atoms with Crippen LogP contribution in [0.5, 0.6) is 0 Å². The Balaban J connectivity index is 1.45. The third kappa shape index (κ3) is 5.89.